The van der Waals surface area contributed by atoms with Crippen LogP contribution in [0.15, 0.2) is 71.6 Å². The van der Waals surface area contributed by atoms with Gasteiger partial charge in [0.2, 0.25) is 10.0 Å². The summed E-state index contributed by atoms with van der Waals surface area (Å²) < 4.78 is 24.6. The second kappa shape index (κ2) is 7.77. The number of likely N-dealkylation sites (N-methyl/N-ethyl adjacent to an activating group) is 1. The molecule has 9 heteroatoms. The number of hydrogen-bond donors (Lipinski definition) is 2. The zero-order valence-corrected chi connectivity index (χ0v) is 15.7. The largest absolute Gasteiger partial charge is 0.286 e. The van der Waals surface area contributed by atoms with Crippen molar-refractivity contribution in [1.82, 2.24) is 14.8 Å². The van der Waals surface area contributed by atoms with Gasteiger partial charge < -0.3 is 0 Å². The number of rotatable bonds is 5. The van der Waals surface area contributed by atoms with Gasteiger partial charge in [-0.15, -0.1) is 0 Å². The van der Waals surface area contributed by atoms with Gasteiger partial charge in [-0.1, -0.05) is 30.3 Å². The standard InChI is InChI=1S/C19H18N4O4S/c1-22(25)19(24)12-7-15-13-18(14-5-3-2-4-6-14)23(21-15)16-8-10-17(11-9-16)28(20,26)27/h2-13,25H,1H3,(H2,20,26,27). The van der Waals surface area contributed by atoms with Crippen LogP contribution in [-0.4, -0.2) is 41.4 Å². The highest BCUT2D eigenvalue weighted by molar-refractivity contribution is 7.89. The van der Waals surface area contributed by atoms with E-state index in [1.807, 2.05) is 30.3 Å². The molecule has 0 aliphatic carbocycles. The Morgan fingerprint density at radius 1 is 1.14 bits per heavy atom. The monoisotopic (exact) mass is 398 g/mol. The summed E-state index contributed by atoms with van der Waals surface area (Å²) in [6.45, 7) is 0. The lowest BCUT2D eigenvalue weighted by Crippen LogP contribution is -2.19. The molecule has 1 amide bonds. The maximum absolute atomic E-state index is 11.6. The minimum absolute atomic E-state index is 0.00127. The summed E-state index contributed by atoms with van der Waals surface area (Å²) >= 11 is 0. The van der Waals surface area contributed by atoms with Crippen LogP contribution in [0.3, 0.4) is 0 Å². The van der Waals surface area contributed by atoms with Gasteiger partial charge in [0.25, 0.3) is 5.91 Å². The smallest absolute Gasteiger partial charge is 0.269 e. The molecule has 0 fully saturated rings. The first-order valence-corrected chi connectivity index (χ1v) is 9.74. The lowest BCUT2D eigenvalue weighted by Gasteiger charge is -2.08. The lowest BCUT2D eigenvalue weighted by atomic mass is 10.1. The number of amides is 1. The highest BCUT2D eigenvalue weighted by atomic mass is 32.2. The minimum atomic E-state index is -3.79. The van der Waals surface area contributed by atoms with Crippen LogP contribution in [0.1, 0.15) is 5.69 Å². The van der Waals surface area contributed by atoms with Crippen LogP contribution in [0.4, 0.5) is 0 Å². The highest BCUT2D eigenvalue weighted by Crippen LogP contribution is 2.25. The summed E-state index contributed by atoms with van der Waals surface area (Å²) in [6, 6.07) is 17.3. The Morgan fingerprint density at radius 3 is 2.36 bits per heavy atom. The number of nitrogens with two attached hydrogens (primary N) is 1. The van der Waals surface area contributed by atoms with E-state index in [2.05, 4.69) is 5.10 Å². The molecule has 3 aromatic rings. The van der Waals surface area contributed by atoms with E-state index in [-0.39, 0.29) is 4.90 Å². The van der Waals surface area contributed by atoms with E-state index in [1.54, 1.807) is 22.9 Å². The van der Waals surface area contributed by atoms with Crippen LogP contribution >= 0.6 is 0 Å². The van der Waals surface area contributed by atoms with Crippen molar-refractivity contribution in [1.29, 1.82) is 0 Å². The van der Waals surface area contributed by atoms with Gasteiger partial charge in [-0.25, -0.2) is 23.3 Å². The molecule has 1 aromatic heterocycles. The predicted molar refractivity (Wildman–Crippen MR) is 104 cm³/mol. The van der Waals surface area contributed by atoms with Crippen LogP contribution in [-0.2, 0) is 14.8 Å². The molecular formula is C19H18N4O4S. The maximum Gasteiger partial charge on any atom is 0.269 e. The second-order valence-electron chi connectivity index (χ2n) is 5.97. The van der Waals surface area contributed by atoms with E-state index in [0.29, 0.717) is 16.4 Å². The number of carbonyl (C=O) groups is 1. The molecule has 0 unspecified atom stereocenters. The van der Waals surface area contributed by atoms with E-state index >= 15 is 0 Å². The molecule has 0 aliphatic rings. The summed E-state index contributed by atoms with van der Waals surface area (Å²) in [5, 5.41) is 19.2. The van der Waals surface area contributed by atoms with E-state index in [0.717, 1.165) is 11.3 Å². The Balaban J connectivity index is 2.07. The summed E-state index contributed by atoms with van der Waals surface area (Å²) in [4.78, 5) is 11.6. The SMILES string of the molecule is CN(O)C(=O)C=Cc1cc(-c2ccccc2)n(-c2ccc(S(N)(=O)=O)cc2)n1. The van der Waals surface area contributed by atoms with Crippen molar-refractivity contribution < 1.29 is 18.4 Å². The summed E-state index contributed by atoms with van der Waals surface area (Å²) in [6.07, 6.45) is 2.68. The van der Waals surface area contributed by atoms with Crippen molar-refractivity contribution in [3.05, 3.63) is 72.4 Å². The van der Waals surface area contributed by atoms with Crippen LogP contribution in [0.2, 0.25) is 0 Å². The van der Waals surface area contributed by atoms with Crippen LogP contribution < -0.4 is 5.14 Å². The molecule has 28 heavy (non-hydrogen) atoms. The zero-order valence-electron chi connectivity index (χ0n) is 14.9. The van der Waals surface area contributed by atoms with Crippen molar-refractivity contribution in [2.24, 2.45) is 5.14 Å². The number of hydrogen-bond acceptors (Lipinski definition) is 5. The Morgan fingerprint density at radius 2 is 1.79 bits per heavy atom. The van der Waals surface area contributed by atoms with Crippen molar-refractivity contribution in [2.45, 2.75) is 4.90 Å². The lowest BCUT2D eigenvalue weighted by molar-refractivity contribution is -0.153. The molecule has 0 saturated heterocycles. The number of primary sulfonamides is 1. The molecule has 0 saturated carbocycles. The van der Waals surface area contributed by atoms with Crippen LogP contribution in [0, 0.1) is 0 Å². The number of benzene rings is 2. The second-order valence-corrected chi connectivity index (χ2v) is 7.53. The predicted octanol–water partition coefficient (Wildman–Crippen LogP) is 2.05. The number of nitrogens with zero attached hydrogens (tertiary/aromatic N) is 3. The number of hydroxylamine groups is 2. The third kappa shape index (κ3) is 4.34. The van der Waals surface area contributed by atoms with E-state index in [9.17, 15) is 13.2 Å². The third-order valence-electron chi connectivity index (χ3n) is 3.92. The van der Waals surface area contributed by atoms with Gasteiger partial charge in [0.15, 0.2) is 0 Å². The normalized spacial score (nSPS) is 11.7. The molecule has 0 atom stereocenters. The fourth-order valence-electron chi connectivity index (χ4n) is 2.53. The van der Waals surface area contributed by atoms with Gasteiger partial charge in [-0.3, -0.25) is 10.0 Å². The van der Waals surface area contributed by atoms with E-state index in [4.69, 9.17) is 10.3 Å². The average molecular weight is 398 g/mol. The number of sulfonamides is 1. The third-order valence-corrected chi connectivity index (χ3v) is 4.85. The van der Waals surface area contributed by atoms with Crippen LogP contribution in [0.5, 0.6) is 0 Å². The fourth-order valence-corrected chi connectivity index (χ4v) is 3.05. The molecule has 0 aliphatic heterocycles. The Hall–Kier alpha value is -3.27. The van der Waals surface area contributed by atoms with Crippen LogP contribution in [0.25, 0.3) is 23.0 Å². The van der Waals surface area contributed by atoms with Gasteiger partial charge in [0.05, 0.1) is 22.0 Å². The maximum atomic E-state index is 11.6. The summed E-state index contributed by atoms with van der Waals surface area (Å²) in [5.74, 6) is -0.590. The Labute approximate surface area is 162 Å². The van der Waals surface area contributed by atoms with Gasteiger partial charge in [-0.2, -0.15) is 5.10 Å². The van der Waals surface area contributed by atoms with E-state index in [1.165, 1.54) is 31.3 Å². The first-order valence-electron chi connectivity index (χ1n) is 8.19. The summed E-state index contributed by atoms with van der Waals surface area (Å²) in [5.41, 5.74) is 2.74. The Bertz CT molecular complexity index is 1120. The molecule has 8 nitrogen and oxygen atoms in total. The van der Waals surface area contributed by atoms with Crippen molar-refractivity contribution in [3.63, 3.8) is 0 Å². The number of aromatic nitrogens is 2. The van der Waals surface area contributed by atoms with Gasteiger partial charge in [0.1, 0.15) is 0 Å². The highest BCUT2D eigenvalue weighted by Gasteiger charge is 2.13. The first-order chi connectivity index (χ1) is 13.3. The van der Waals surface area contributed by atoms with Crippen molar-refractivity contribution in [3.8, 4) is 16.9 Å². The average Bonchev–Trinajstić information content (AvgIpc) is 3.10. The van der Waals surface area contributed by atoms with Gasteiger partial charge in [-0.05, 0) is 36.4 Å². The Kier molecular flexibility index (Phi) is 5.41. The molecule has 1 heterocycles. The summed E-state index contributed by atoms with van der Waals surface area (Å²) in [7, 11) is -2.56. The minimum Gasteiger partial charge on any atom is -0.286 e. The molecule has 0 spiro atoms. The number of carbonyl (C=O) groups excluding carboxylic acids is 1. The fraction of sp³-hybridized carbons (Fsp3) is 0.0526. The molecular weight excluding hydrogens is 380 g/mol. The molecule has 3 rings (SSSR count). The van der Waals surface area contributed by atoms with E-state index < -0.39 is 15.9 Å². The molecule has 2 aromatic carbocycles. The molecule has 3 N–H and O–H groups in total. The molecule has 0 radical (unpaired) electrons. The van der Waals surface area contributed by atoms with Gasteiger partial charge >= 0.3 is 0 Å². The van der Waals surface area contributed by atoms with Crippen molar-refractivity contribution >= 4 is 22.0 Å². The molecule has 0 bridgehead atoms. The van der Waals surface area contributed by atoms with Crippen molar-refractivity contribution in [2.75, 3.05) is 7.05 Å². The quantitative estimate of drug-likeness (QED) is 0.387. The first kappa shape index (κ1) is 19.5. The molecule has 144 valence electrons. The zero-order chi connectivity index (χ0) is 20.3. The van der Waals surface area contributed by atoms with Gasteiger partial charge in [0, 0.05) is 18.7 Å². The topological polar surface area (TPSA) is 119 Å².